The average Bonchev–Trinajstić information content (AvgIpc) is 2.85. The van der Waals surface area contributed by atoms with Crippen molar-refractivity contribution in [1.82, 2.24) is 19.4 Å². The van der Waals surface area contributed by atoms with Gasteiger partial charge in [-0.05, 0) is 24.5 Å². The van der Waals surface area contributed by atoms with Gasteiger partial charge in [-0.15, -0.1) is 5.10 Å². The Balaban J connectivity index is 2.26. The molecule has 0 spiro atoms. The number of hydrogen-bond acceptors (Lipinski definition) is 5. The van der Waals surface area contributed by atoms with Crippen molar-refractivity contribution in [1.29, 1.82) is 0 Å². The first-order valence-electron chi connectivity index (χ1n) is 6.14. The van der Waals surface area contributed by atoms with Crippen LogP contribution in [0.3, 0.4) is 0 Å². The molecule has 0 saturated heterocycles. The van der Waals surface area contributed by atoms with Crippen LogP contribution < -0.4 is 0 Å². The summed E-state index contributed by atoms with van der Waals surface area (Å²) in [4.78, 5) is 13.1. The van der Waals surface area contributed by atoms with E-state index in [0.717, 1.165) is 17.1 Å². The standard InChI is InChI=1S/C13H18N4OS/c1-8-6-9(17(5)15-8)7-10(18)11-12(13(2,3)4)14-16-19-11/h6H,7H2,1-5H3. The SMILES string of the molecule is Cc1cc(CC(=O)c2snnc2C(C)(C)C)n(C)n1. The second kappa shape index (κ2) is 4.85. The summed E-state index contributed by atoms with van der Waals surface area (Å²) in [6.07, 6.45) is 0.338. The van der Waals surface area contributed by atoms with Crippen molar-refractivity contribution < 1.29 is 4.79 Å². The number of carbonyl (C=O) groups excluding carboxylic acids is 1. The lowest BCUT2D eigenvalue weighted by Crippen LogP contribution is -2.17. The lowest BCUT2D eigenvalue weighted by Gasteiger charge is -2.15. The minimum Gasteiger partial charge on any atom is -0.293 e. The van der Waals surface area contributed by atoms with Gasteiger partial charge in [0, 0.05) is 18.2 Å². The Morgan fingerprint density at radius 3 is 2.63 bits per heavy atom. The van der Waals surface area contributed by atoms with Gasteiger partial charge in [-0.3, -0.25) is 9.48 Å². The minimum absolute atomic E-state index is 0.0583. The van der Waals surface area contributed by atoms with Gasteiger partial charge in [0.25, 0.3) is 0 Å². The molecule has 0 unspecified atom stereocenters. The number of hydrogen-bond donors (Lipinski definition) is 0. The first-order chi connectivity index (χ1) is 8.79. The molecule has 0 aliphatic heterocycles. The molecule has 2 aromatic heterocycles. The number of ketones is 1. The first kappa shape index (κ1) is 13.9. The number of rotatable bonds is 3. The largest absolute Gasteiger partial charge is 0.293 e. The van der Waals surface area contributed by atoms with Crippen LogP contribution in [0.4, 0.5) is 0 Å². The van der Waals surface area contributed by atoms with Crippen LogP contribution in [-0.4, -0.2) is 25.2 Å². The maximum atomic E-state index is 12.4. The second-order valence-electron chi connectivity index (χ2n) is 5.70. The first-order valence-corrected chi connectivity index (χ1v) is 6.92. The van der Waals surface area contributed by atoms with Crippen molar-refractivity contribution in [2.45, 2.75) is 39.5 Å². The molecule has 2 rings (SSSR count). The summed E-state index contributed by atoms with van der Waals surface area (Å²) >= 11 is 1.18. The van der Waals surface area contributed by atoms with Crippen LogP contribution in [0.2, 0.25) is 0 Å². The molecule has 6 heteroatoms. The third kappa shape index (κ3) is 2.89. The maximum absolute atomic E-state index is 12.4. The van der Waals surface area contributed by atoms with E-state index in [0.29, 0.717) is 11.3 Å². The van der Waals surface area contributed by atoms with Crippen LogP contribution in [0.15, 0.2) is 6.07 Å². The van der Waals surface area contributed by atoms with E-state index >= 15 is 0 Å². The van der Waals surface area contributed by atoms with Crippen LogP contribution in [0, 0.1) is 6.92 Å². The Bertz CT molecular complexity index is 606. The second-order valence-corrected chi connectivity index (χ2v) is 6.46. The molecule has 2 aromatic rings. The fraction of sp³-hybridized carbons (Fsp3) is 0.538. The van der Waals surface area contributed by atoms with Gasteiger partial charge < -0.3 is 0 Å². The molecule has 0 fully saturated rings. The van der Waals surface area contributed by atoms with Crippen molar-refractivity contribution in [2.24, 2.45) is 7.05 Å². The van der Waals surface area contributed by atoms with Crippen molar-refractivity contribution in [3.8, 4) is 0 Å². The van der Waals surface area contributed by atoms with E-state index in [1.54, 1.807) is 4.68 Å². The molecule has 0 atom stereocenters. The van der Waals surface area contributed by atoms with Crippen LogP contribution >= 0.6 is 11.5 Å². The Labute approximate surface area is 116 Å². The molecular weight excluding hydrogens is 260 g/mol. The molecular formula is C13H18N4OS. The van der Waals surface area contributed by atoms with Crippen molar-refractivity contribution >= 4 is 17.3 Å². The lowest BCUT2D eigenvalue weighted by molar-refractivity contribution is 0.0992. The minimum atomic E-state index is -0.166. The zero-order chi connectivity index (χ0) is 14.2. The van der Waals surface area contributed by atoms with Crippen LogP contribution in [-0.2, 0) is 18.9 Å². The van der Waals surface area contributed by atoms with Gasteiger partial charge in [0.1, 0.15) is 4.88 Å². The van der Waals surface area contributed by atoms with Gasteiger partial charge >= 0.3 is 0 Å². The number of Topliss-reactive ketones (excluding diaryl/α,β-unsaturated/α-hetero) is 1. The Morgan fingerprint density at radius 1 is 1.42 bits per heavy atom. The molecule has 19 heavy (non-hydrogen) atoms. The summed E-state index contributed by atoms with van der Waals surface area (Å²) < 4.78 is 5.68. The van der Waals surface area contributed by atoms with Gasteiger partial charge in [0.2, 0.25) is 0 Å². The molecule has 0 amide bonds. The lowest BCUT2D eigenvalue weighted by atomic mass is 9.90. The highest BCUT2D eigenvalue weighted by Crippen LogP contribution is 2.26. The van der Waals surface area contributed by atoms with E-state index in [1.165, 1.54) is 11.5 Å². The summed E-state index contributed by atoms with van der Waals surface area (Å²) in [7, 11) is 1.85. The fourth-order valence-electron chi connectivity index (χ4n) is 1.94. The van der Waals surface area contributed by atoms with Gasteiger partial charge in [-0.25, -0.2) is 0 Å². The van der Waals surface area contributed by atoms with Crippen molar-refractivity contribution in [3.05, 3.63) is 28.0 Å². The summed E-state index contributed by atoms with van der Waals surface area (Å²) in [6, 6.07) is 1.93. The van der Waals surface area contributed by atoms with E-state index < -0.39 is 0 Å². The quantitative estimate of drug-likeness (QED) is 0.808. The Hall–Kier alpha value is -1.56. The summed E-state index contributed by atoms with van der Waals surface area (Å²) in [5.74, 6) is 0.0583. The van der Waals surface area contributed by atoms with Gasteiger partial charge in [0.15, 0.2) is 5.78 Å². The molecule has 0 aliphatic rings. The molecule has 0 saturated carbocycles. The summed E-state index contributed by atoms with van der Waals surface area (Å²) in [5.41, 5.74) is 2.45. The van der Waals surface area contributed by atoms with E-state index in [-0.39, 0.29) is 11.2 Å². The van der Waals surface area contributed by atoms with Crippen molar-refractivity contribution in [2.75, 3.05) is 0 Å². The maximum Gasteiger partial charge on any atom is 0.182 e. The third-order valence-corrected chi connectivity index (χ3v) is 3.66. The predicted molar refractivity (Wildman–Crippen MR) is 74.6 cm³/mol. The van der Waals surface area contributed by atoms with Crippen LogP contribution in [0.25, 0.3) is 0 Å². The number of aromatic nitrogens is 4. The van der Waals surface area contributed by atoms with E-state index in [4.69, 9.17) is 0 Å². The normalized spacial score (nSPS) is 11.8. The zero-order valence-electron chi connectivity index (χ0n) is 11.9. The number of aryl methyl sites for hydroxylation is 2. The molecule has 0 radical (unpaired) electrons. The number of nitrogens with zero attached hydrogens (tertiary/aromatic N) is 4. The summed E-state index contributed by atoms with van der Waals surface area (Å²) in [6.45, 7) is 8.03. The summed E-state index contributed by atoms with van der Waals surface area (Å²) in [5, 5.41) is 8.36. The zero-order valence-corrected chi connectivity index (χ0v) is 12.7. The highest BCUT2D eigenvalue weighted by Gasteiger charge is 2.26. The number of carbonyl (C=O) groups is 1. The van der Waals surface area contributed by atoms with E-state index in [2.05, 4.69) is 14.7 Å². The molecule has 5 nitrogen and oxygen atoms in total. The molecule has 0 aliphatic carbocycles. The topological polar surface area (TPSA) is 60.7 Å². The third-order valence-electron chi connectivity index (χ3n) is 2.89. The molecule has 0 bridgehead atoms. The van der Waals surface area contributed by atoms with E-state index in [9.17, 15) is 4.79 Å². The highest BCUT2D eigenvalue weighted by atomic mass is 32.1. The van der Waals surface area contributed by atoms with Crippen LogP contribution in [0.1, 0.15) is 47.5 Å². The van der Waals surface area contributed by atoms with Crippen molar-refractivity contribution in [3.63, 3.8) is 0 Å². The van der Waals surface area contributed by atoms with Gasteiger partial charge in [0.05, 0.1) is 17.8 Å². The fourth-order valence-corrected chi connectivity index (χ4v) is 2.75. The smallest absolute Gasteiger partial charge is 0.182 e. The Kier molecular flexibility index (Phi) is 3.54. The molecule has 0 aromatic carbocycles. The Morgan fingerprint density at radius 2 is 2.11 bits per heavy atom. The molecule has 0 N–H and O–H groups in total. The van der Waals surface area contributed by atoms with E-state index in [1.807, 2.05) is 40.8 Å². The monoisotopic (exact) mass is 278 g/mol. The predicted octanol–water partition coefficient (Wildman–Crippen LogP) is 2.30. The highest BCUT2D eigenvalue weighted by molar-refractivity contribution is 7.08. The molecule has 2 heterocycles. The van der Waals surface area contributed by atoms with Gasteiger partial charge in [-0.1, -0.05) is 25.3 Å². The van der Waals surface area contributed by atoms with Crippen LogP contribution in [0.5, 0.6) is 0 Å². The van der Waals surface area contributed by atoms with Gasteiger partial charge in [-0.2, -0.15) is 5.10 Å². The molecule has 102 valence electrons. The average molecular weight is 278 g/mol.